The van der Waals surface area contributed by atoms with E-state index in [1.807, 2.05) is 20.8 Å². The number of rotatable bonds is 5. The molecule has 0 aromatic carbocycles. The molecule has 1 rings (SSSR count). The average molecular weight is 253 g/mol. The molecule has 0 saturated heterocycles. The van der Waals surface area contributed by atoms with Crippen LogP contribution >= 0.6 is 0 Å². The highest BCUT2D eigenvalue weighted by Crippen LogP contribution is 2.08. The number of carbonyl (C=O) groups is 1. The lowest BCUT2D eigenvalue weighted by Crippen LogP contribution is -2.38. The Morgan fingerprint density at radius 1 is 1.56 bits per heavy atom. The summed E-state index contributed by atoms with van der Waals surface area (Å²) in [5.41, 5.74) is -0.241. The van der Waals surface area contributed by atoms with Crippen LogP contribution in [0.4, 0.5) is 5.82 Å². The van der Waals surface area contributed by atoms with Gasteiger partial charge >= 0.3 is 5.97 Å². The van der Waals surface area contributed by atoms with Crippen LogP contribution in [-0.2, 0) is 16.1 Å². The highest BCUT2D eigenvalue weighted by molar-refractivity contribution is 5.79. The van der Waals surface area contributed by atoms with Crippen molar-refractivity contribution >= 4 is 11.8 Å². The van der Waals surface area contributed by atoms with Gasteiger partial charge in [-0.05, 0) is 12.8 Å². The van der Waals surface area contributed by atoms with Gasteiger partial charge in [0.15, 0.2) is 5.82 Å². The summed E-state index contributed by atoms with van der Waals surface area (Å²) in [4.78, 5) is 27.5. The fourth-order valence-electron chi connectivity index (χ4n) is 1.57. The first-order valence-corrected chi connectivity index (χ1v) is 5.91. The molecule has 0 bridgehead atoms. The molecule has 1 atom stereocenters. The molecule has 1 N–H and O–H groups in total. The maximum atomic E-state index is 12.0. The summed E-state index contributed by atoms with van der Waals surface area (Å²) >= 11 is 0. The number of nitrogens with one attached hydrogen (secondary N) is 1. The minimum atomic E-state index is -0.581. The predicted octanol–water partition coefficient (Wildman–Crippen LogP) is 0.873. The van der Waals surface area contributed by atoms with E-state index in [2.05, 4.69) is 10.3 Å². The monoisotopic (exact) mass is 253 g/mol. The summed E-state index contributed by atoms with van der Waals surface area (Å²) in [7, 11) is 1.32. The Bertz CT molecular complexity index is 468. The third-order valence-corrected chi connectivity index (χ3v) is 2.67. The maximum absolute atomic E-state index is 12.0. The van der Waals surface area contributed by atoms with Crippen LogP contribution in [0.2, 0.25) is 0 Å². The Kier molecular flexibility index (Phi) is 4.88. The maximum Gasteiger partial charge on any atom is 0.328 e. The molecule has 100 valence electrons. The summed E-state index contributed by atoms with van der Waals surface area (Å²) in [6.07, 6.45) is 3.14. The average Bonchev–Trinajstić information content (AvgIpc) is 2.36. The summed E-state index contributed by atoms with van der Waals surface area (Å²) < 4.78 is 6.22. The molecule has 1 aromatic rings. The van der Waals surface area contributed by atoms with Gasteiger partial charge in [0.05, 0.1) is 7.11 Å². The second-order valence-corrected chi connectivity index (χ2v) is 4.26. The number of anilines is 1. The smallest absolute Gasteiger partial charge is 0.328 e. The van der Waals surface area contributed by atoms with Crippen LogP contribution in [0.3, 0.4) is 0 Å². The molecule has 6 nitrogen and oxygen atoms in total. The molecule has 18 heavy (non-hydrogen) atoms. The quantitative estimate of drug-likeness (QED) is 0.788. The molecule has 6 heteroatoms. The van der Waals surface area contributed by atoms with E-state index < -0.39 is 12.0 Å². The number of methoxy groups -OCH3 is 1. The summed E-state index contributed by atoms with van der Waals surface area (Å²) in [6, 6.07) is -0.581. The number of esters is 1. The zero-order chi connectivity index (χ0) is 13.7. The van der Waals surface area contributed by atoms with Crippen molar-refractivity contribution in [3.63, 3.8) is 0 Å². The number of carbonyl (C=O) groups excluding carboxylic acids is 1. The summed E-state index contributed by atoms with van der Waals surface area (Å²) in [5.74, 6) is -0.240. The van der Waals surface area contributed by atoms with Crippen LogP contribution in [0.1, 0.15) is 20.8 Å². The van der Waals surface area contributed by atoms with Crippen LogP contribution in [0.5, 0.6) is 0 Å². The minimum absolute atomic E-state index is 0.00562. The molecule has 0 aliphatic heterocycles. The Morgan fingerprint density at radius 2 is 2.22 bits per heavy atom. The fraction of sp³-hybridized carbons (Fsp3) is 0.583. The van der Waals surface area contributed by atoms with Crippen molar-refractivity contribution in [1.82, 2.24) is 9.55 Å². The molecule has 0 aliphatic carbocycles. The zero-order valence-corrected chi connectivity index (χ0v) is 11.1. The molecule has 1 heterocycles. The highest BCUT2D eigenvalue weighted by Gasteiger charge is 2.24. The molecule has 0 fully saturated rings. The number of hydrogen-bond acceptors (Lipinski definition) is 5. The number of aryl methyl sites for hydroxylation is 1. The van der Waals surface area contributed by atoms with Crippen LogP contribution in [0.25, 0.3) is 0 Å². The standard InChI is InChI=1S/C12H19N3O3/c1-5-15-7-6-13-10(11(15)16)14-9(8(2)3)12(17)18-4/h6-9H,5H2,1-4H3,(H,13,14). The predicted molar refractivity (Wildman–Crippen MR) is 68.4 cm³/mol. The normalized spacial score (nSPS) is 12.3. The largest absolute Gasteiger partial charge is 0.467 e. The van der Waals surface area contributed by atoms with E-state index in [-0.39, 0.29) is 17.3 Å². The van der Waals surface area contributed by atoms with E-state index in [9.17, 15) is 9.59 Å². The topological polar surface area (TPSA) is 73.2 Å². The molecule has 1 unspecified atom stereocenters. The van der Waals surface area contributed by atoms with E-state index in [1.54, 1.807) is 6.20 Å². The lowest BCUT2D eigenvalue weighted by atomic mass is 10.1. The van der Waals surface area contributed by atoms with Gasteiger partial charge in [0.25, 0.3) is 5.56 Å². The molecule has 0 amide bonds. The van der Waals surface area contributed by atoms with E-state index in [0.717, 1.165) is 0 Å². The number of aromatic nitrogens is 2. The Morgan fingerprint density at radius 3 is 2.72 bits per heavy atom. The second-order valence-electron chi connectivity index (χ2n) is 4.26. The highest BCUT2D eigenvalue weighted by atomic mass is 16.5. The molecule has 0 saturated carbocycles. The molecular formula is C12H19N3O3. The van der Waals surface area contributed by atoms with Gasteiger partial charge < -0.3 is 14.6 Å². The van der Waals surface area contributed by atoms with Crippen molar-refractivity contribution in [2.45, 2.75) is 33.4 Å². The van der Waals surface area contributed by atoms with E-state index >= 15 is 0 Å². The van der Waals surface area contributed by atoms with Gasteiger partial charge in [-0.25, -0.2) is 9.78 Å². The Labute approximate surface area is 106 Å². The molecule has 0 spiro atoms. The zero-order valence-electron chi connectivity index (χ0n) is 11.1. The number of nitrogens with zero attached hydrogens (tertiary/aromatic N) is 2. The second kappa shape index (κ2) is 6.18. The van der Waals surface area contributed by atoms with Crippen molar-refractivity contribution in [1.29, 1.82) is 0 Å². The molecule has 0 radical (unpaired) electrons. The van der Waals surface area contributed by atoms with Crippen molar-refractivity contribution in [2.24, 2.45) is 5.92 Å². The van der Waals surface area contributed by atoms with Crippen LogP contribution in [0, 0.1) is 5.92 Å². The number of hydrogen-bond donors (Lipinski definition) is 1. The third kappa shape index (κ3) is 3.09. The van der Waals surface area contributed by atoms with Gasteiger partial charge in [0.2, 0.25) is 0 Å². The number of ether oxygens (including phenoxy) is 1. The Hall–Kier alpha value is -1.85. The van der Waals surface area contributed by atoms with E-state index in [0.29, 0.717) is 6.54 Å². The van der Waals surface area contributed by atoms with Gasteiger partial charge in [0, 0.05) is 18.9 Å². The molecule has 0 aliphatic rings. The minimum Gasteiger partial charge on any atom is -0.467 e. The van der Waals surface area contributed by atoms with Gasteiger partial charge in [-0.15, -0.1) is 0 Å². The van der Waals surface area contributed by atoms with Crippen molar-refractivity contribution in [2.75, 3.05) is 12.4 Å². The van der Waals surface area contributed by atoms with Crippen molar-refractivity contribution in [3.05, 3.63) is 22.7 Å². The molecular weight excluding hydrogens is 234 g/mol. The van der Waals surface area contributed by atoms with Crippen molar-refractivity contribution in [3.8, 4) is 0 Å². The van der Waals surface area contributed by atoms with Gasteiger partial charge in [-0.3, -0.25) is 4.79 Å². The summed E-state index contributed by atoms with van der Waals surface area (Å²) in [5, 5.41) is 2.85. The lowest BCUT2D eigenvalue weighted by Gasteiger charge is -2.20. The van der Waals surface area contributed by atoms with Crippen LogP contribution in [0.15, 0.2) is 17.2 Å². The van der Waals surface area contributed by atoms with Crippen LogP contribution < -0.4 is 10.9 Å². The first-order valence-electron chi connectivity index (χ1n) is 5.91. The first-order chi connectivity index (χ1) is 8.51. The SMILES string of the molecule is CCn1ccnc(NC(C(=O)OC)C(C)C)c1=O. The van der Waals surface area contributed by atoms with E-state index in [1.165, 1.54) is 17.9 Å². The molecule has 1 aromatic heterocycles. The van der Waals surface area contributed by atoms with Gasteiger partial charge in [-0.1, -0.05) is 13.8 Å². The van der Waals surface area contributed by atoms with Gasteiger partial charge in [-0.2, -0.15) is 0 Å². The Balaban J connectivity index is 3.01. The van der Waals surface area contributed by atoms with Crippen LogP contribution in [-0.4, -0.2) is 28.7 Å². The third-order valence-electron chi connectivity index (χ3n) is 2.67. The van der Waals surface area contributed by atoms with Gasteiger partial charge in [0.1, 0.15) is 6.04 Å². The lowest BCUT2D eigenvalue weighted by molar-refractivity contribution is -0.142. The van der Waals surface area contributed by atoms with E-state index in [4.69, 9.17) is 4.74 Å². The fourth-order valence-corrected chi connectivity index (χ4v) is 1.57. The first kappa shape index (κ1) is 14.2. The van der Waals surface area contributed by atoms with Crippen molar-refractivity contribution < 1.29 is 9.53 Å². The summed E-state index contributed by atoms with van der Waals surface area (Å²) in [6.45, 7) is 6.16.